The van der Waals surface area contributed by atoms with Crippen LogP contribution in [0.15, 0.2) is 0 Å². The van der Waals surface area contributed by atoms with Crippen LogP contribution in [0.5, 0.6) is 0 Å². The predicted molar refractivity (Wildman–Crippen MR) is 58.0 cm³/mol. The van der Waals surface area contributed by atoms with Gasteiger partial charge in [-0.3, -0.25) is 14.4 Å². The Kier molecular flexibility index (Phi) is 4.93. The number of nitrogens with zero attached hydrogens (tertiary/aromatic N) is 1. The molecule has 0 atom stereocenters. The van der Waals surface area contributed by atoms with Crippen molar-refractivity contribution in [2.75, 3.05) is 27.3 Å². The van der Waals surface area contributed by atoms with Gasteiger partial charge in [0.2, 0.25) is 5.91 Å². The van der Waals surface area contributed by atoms with E-state index >= 15 is 0 Å². The zero-order chi connectivity index (χ0) is 12.8. The van der Waals surface area contributed by atoms with Crippen molar-refractivity contribution in [2.45, 2.75) is 19.3 Å². The van der Waals surface area contributed by atoms with E-state index in [1.54, 1.807) is 4.90 Å². The predicted octanol–water partition coefficient (Wildman–Crippen LogP) is -0.0389. The maximum absolute atomic E-state index is 11.8. The Morgan fingerprint density at radius 3 is 1.94 bits per heavy atom. The van der Waals surface area contributed by atoms with Crippen molar-refractivity contribution in [1.29, 1.82) is 0 Å². The summed E-state index contributed by atoms with van der Waals surface area (Å²) >= 11 is 0. The summed E-state index contributed by atoms with van der Waals surface area (Å²) in [6.07, 6.45) is 1.75. The van der Waals surface area contributed by atoms with Gasteiger partial charge in [0.15, 0.2) is 5.92 Å². The first-order chi connectivity index (χ1) is 8.10. The minimum Gasteiger partial charge on any atom is -0.468 e. The normalized spacial score (nSPS) is 14.9. The van der Waals surface area contributed by atoms with Crippen LogP contribution < -0.4 is 0 Å². The van der Waals surface area contributed by atoms with E-state index < -0.39 is 17.9 Å². The van der Waals surface area contributed by atoms with E-state index in [0.717, 1.165) is 12.8 Å². The summed E-state index contributed by atoms with van der Waals surface area (Å²) < 4.78 is 8.98. The van der Waals surface area contributed by atoms with E-state index in [1.807, 2.05) is 0 Å². The number of rotatable bonds is 4. The van der Waals surface area contributed by atoms with Crippen LogP contribution in [0.1, 0.15) is 19.3 Å². The zero-order valence-electron chi connectivity index (χ0n) is 10.1. The van der Waals surface area contributed by atoms with E-state index in [4.69, 9.17) is 0 Å². The van der Waals surface area contributed by atoms with Crippen molar-refractivity contribution in [3.8, 4) is 0 Å². The van der Waals surface area contributed by atoms with Crippen LogP contribution in [0.4, 0.5) is 0 Å². The summed E-state index contributed by atoms with van der Waals surface area (Å²) in [5.74, 6) is -2.82. The smallest absolute Gasteiger partial charge is 0.320 e. The van der Waals surface area contributed by atoms with Gasteiger partial charge in [-0.05, 0) is 12.8 Å². The highest BCUT2D eigenvalue weighted by Gasteiger charge is 2.33. The van der Waals surface area contributed by atoms with E-state index in [1.165, 1.54) is 14.2 Å². The van der Waals surface area contributed by atoms with Gasteiger partial charge < -0.3 is 14.4 Å². The van der Waals surface area contributed by atoms with Crippen LogP contribution in [0.2, 0.25) is 0 Å². The first-order valence-corrected chi connectivity index (χ1v) is 5.53. The van der Waals surface area contributed by atoms with Gasteiger partial charge in [-0.15, -0.1) is 0 Å². The van der Waals surface area contributed by atoms with Crippen molar-refractivity contribution in [2.24, 2.45) is 5.92 Å². The fourth-order valence-corrected chi connectivity index (χ4v) is 1.82. The van der Waals surface area contributed by atoms with Crippen LogP contribution in [0.3, 0.4) is 0 Å². The molecule has 1 heterocycles. The zero-order valence-corrected chi connectivity index (χ0v) is 10.1. The largest absolute Gasteiger partial charge is 0.468 e. The monoisotopic (exact) mass is 243 g/mol. The summed E-state index contributed by atoms with van der Waals surface area (Å²) in [6.45, 7) is 1.38. The van der Waals surface area contributed by atoms with Crippen LogP contribution >= 0.6 is 0 Å². The number of carbonyl (C=O) groups excluding carboxylic acids is 3. The maximum atomic E-state index is 11.8. The van der Waals surface area contributed by atoms with Crippen molar-refractivity contribution in [1.82, 2.24) is 4.90 Å². The van der Waals surface area contributed by atoms with E-state index in [2.05, 4.69) is 9.47 Å². The molecule has 6 nitrogen and oxygen atoms in total. The highest BCUT2D eigenvalue weighted by Crippen LogP contribution is 2.14. The molecular formula is C11H17NO5. The average Bonchev–Trinajstić information content (AvgIpc) is 2.87. The number of hydrogen-bond donors (Lipinski definition) is 0. The fourth-order valence-electron chi connectivity index (χ4n) is 1.82. The van der Waals surface area contributed by atoms with Gasteiger partial charge in [0.05, 0.1) is 20.6 Å². The van der Waals surface area contributed by atoms with Gasteiger partial charge in [0.1, 0.15) is 0 Å². The topological polar surface area (TPSA) is 72.9 Å². The lowest BCUT2D eigenvalue weighted by Crippen LogP contribution is -2.35. The average molecular weight is 243 g/mol. The molecule has 1 saturated heterocycles. The standard InChI is InChI=1S/C11H17NO5/c1-16-10(14)8(11(15)17-2)7-9(13)12-5-3-4-6-12/h8H,3-7H2,1-2H3. The highest BCUT2D eigenvalue weighted by atomic mass is 16.5. The van der Waals surface area contributed by atoms with E-state index in [9.17, 15) is 14.4 Å². The number of ether oxygens (including phenoxy) is 2. The third-order valence-corrected chi connectivity index (χ3v) is 2.81. The Morgan fingerprint density at radius 2 is 1.53 bits per heavy atom. The molecule has 6 heteroatoms. The molecule has 0 aromatic heterocycles. The fraction of sp³-hybridized carbons (Fsp3) is 0.727. The Hall–Kier alpha value is -1.59. The van der Waals surface area contributed by atoms with Crippen LogP contribution in [0, 0.1) is 5.92 Å². The van der Waals surface area contributed by atoms with Gasteiger partial charge >= 0.3 is 11.9 Å². The third-order valence-electron chi connectivity index (χ3n) is 2.81. The molecule has 0 aromatic carbocycles. The van der Waals surface area contributed by atoms with Gasteiger partial charge in [0.25, 0.3) is 0 Å². The van der Waals surface area contributed by atoms with Gasteiger partial charge in [-0.2, -0.15) is 0 Å². The molecule has 0 unspecified atom stereocenters. The van der Waals surface area contributed by atoms with E-state index in [0.29, 0.717) is 13.1 Å². The molecule has 1 aliphatic heterocycles. The van der Waals surface area contributed by atoms with Crippen LogP contribution in [0.25, 0.3) is 0 Å². The summed E-state index contributed by atoms with van der Waals surface area (Å²) in [7, 11) is 2.36. The molecule has 1 fully saturated rings. The first-order valence-electron chi connectivity index (χ1n) is 5.53. The second-order valence-electron chi connectivity index (χ2n) is 3.89. The van der Waals surface area contributed by atoms with Crippen molar-refractivity contribution >= 4 is 17.8 Å². The molecule has 1 amide bonds. The van der Waals surface area contributed by atoms with Crippen molar-refractivity contribution < 1.29 is 23.9 Å². The quantitative estimate of drug-likeness (QED) is 0.511. The summed E-state index contributed by atoms with van der Waals surface area (Å²) in [4.78, 5) is 36.2. The number of methoxy groups -OCH3 is 2. The second kappa shape index (κ2) is 6.22. The molecule has 1 aliphatic rings. The minimum atomic E-state index is -1.15. The number of esters is 2. The number of likely N-dealkylation sites (tertiary alicyclic amines) is 1. The van der Waals surface area contributed by atoms with Crippen LogP contribution in [-0.2, 0) is 23.9 Å². The molecule has 0 radical (unpaired) electrons. The Morgan fingerprint density at radius 1 is 1.06 bits per heavy atom. The SMILES string of the molecule is COC(=O)C(CC(=O)N1CCCC1)C(=O)OC. The molecule has 96 valence electrons. The summed E-state index contributed by atoms with van der Waals surface area (Å²) in [5.41, 5.74) is 0. The number of hydrogen-bond acceptors (Lipinski definition) is 5. The van der Waals surface area contributed by atoms with Gasteiger partial charge in [-0.25, -0.2) is 0 Å². The number of carbonyl (C=O) groups is 3. The summed E-state index contributed by atoms with van der Waals surface area (Å²) in [5, 5.41) is 0. The Balaban J connectivity index is 2.61. The molecule has 0 saturated carbocycles. The molecule has 0 aliphatic carbocycles. The lowest BCUT2D eigenvalue weighted by Gasteiger charge is -2.18. The minimum absolute atomic E-state index is 0.181. The van der Waals surface area contributed by atoms with Gasteiger partial charge in [-0.1, -0.05) is 0 Å². The first kappa shape index (κ1) is 13.5. The molecule has 0 N–H and O–H groups in total. The van der Waals surface area contributed by atoms with Gasteiger partial charge in [0, 0.05) is 13.1 Å². The van der Waals surface area contributed by atoms with E-state index in [-0.39, 0.29) is 12.3 Å². The number of amides is 1. The molecule has 0 aromatic rings. The van der Waals surface area contributed by atoms with Crippen molar-refractivity contribution in [3.63, 3.8) is 0 Å². The van der Waals surface area contributed by atoms with Crippen LogP contribution in [-0.4, -0.2) is 50.1 Å². The molecule has 0 spiro atoms. The molecular weight excluding hydrogens is 226 g/mol. The van der Waals surface area contributed by atoms with Crippen molar-refractivity contribution in [3.05, 3.63) is 0 Å². The maximum Gasteiger partial charge on any atom is 0.320 e. The lowest BCUT2D eigenvalue weighted by molar-refractivity contribution is -0.161. The lowest BCUT2D eigenvalue weighted by atomic mass is 10.1. The summed E-state index contributed by atoms with van der Waals surface area (Å²) in [6, 6.07) is 0. The molecule has 0 bridgehead atoms. The molecule has 1 rings (SSSR count). The molecule has 17 heavy (non-hydrogen) atoms. The second-order valence-corrected chi connectivity index (χ2v) is 3.89. The third kappa shape index (κ3) is 3.44. The Labute approximate surface area is 99.9 Å². The Bertz CT molecular complexity index is 293. The highest BCUT2D eigenvalue weighted by molar-refractivity contribution is 5.98.